The Morgan fingerprint density at radius 2 is 1.75 bits per heavy atom. The topological polar surface area (TPSA) is 42.0 Å². The summed E-state index contributed by atoms with van der Waals surface area (Å²) in [6.07, 6.45) is 1.81. The number of ketones is 1. The van der Waals surface area contributed by atoms with Crippen LogP contribution in [0.3, 0.4) is 0 Å². The normalized spacial score (nSPS) is 16.3. The highest BCUT2D eigenvalue weighted by Gasteiger charge is 2.33. The maximum absolute atomic E-state index is 13.0. The van der Waals surface area contributed by atoms with Gasteiger partial charge in [-0.1, -0.05) is 42.0 Å². The number of hydrogen-bond acceptors (Lipinski definition) is 5. The Morgan fingerprint density at radius 3 is 2.47 bits per heavy atom. The SMILES string of the molecule is Cc1ccc(CN2COc3ccc4c(c3C2)O/C(=C\c2ccc(N(C)C)cc2)C4=O)cc1. The Hall–Kier alpha value is -3.57. The lowest BCUT2D eigenvalue weighted by Crippen LogP contribution is -2.31. The molecule has 0 N–H and O–H groups in total. The lowest BCUT2D eigenvalue weighted by molar-refractivity contribution is 0.0873. The number of hydrogen-bond donors (Lipinski definition) is 0. The van der Waals surface area contributed by atoms with Crippen molar-refractivity contribution in [2.45, 2.75) is 20.0 Å². The lowest BCUT2D eigenvalue weighted by atomic mass is 10.0. The van der Waals surface area contributed by atoms with E-state index in [0.29, 0.717) is 30.3 Å². The molecule has 5 nitrogen and oxygen atoms in total. The van der Waals surface area contributed by atoms with Crippen molar-refractivity contribution in [2.24, 2.45) is 0 Å². The van der Waals surface area contributed by atoms with Gasteiger partial charge in [0.1, 0.15) is 18.2 Å². The fraction of sp³-hybridized carbons (Fsp3) is 0.222. The number of ether oxygens (including phenoxy) is 2. The van der Waals surface area contributed by atoms with Gasteiger partial charge in [-0.05, 0) is 48.4 Å². The van der Waals surface area contributed by atoms with Crippen LogP contribution in [0.5, 0.6) is 11.5 Å². The van der Waals surface area contributed by atoms with Crippen molar-refractivity contribution in [1.82, 2.24) is 4.90 Å². The van der Waals surface area contributed by atoms with E-state index >= 15 is 0 Å². The Balaban J connectivity index is 1.39. The van der Waals surface area contributed by atoms with E-state index in [-0.39, 0.29) is 5.78 Å². The highest BCUT2D eigenvalue weighted by Crippen LogP contribution is 2.42. The van der Waals surface area contributed by atoms with Crippen LogP contribution in [-0.4, -0.2) is 31.5 Å². The highest BCUT2D eigenvalue weighted by atomic mass is 16.5. The number of rotatable bonds is 4. The Kier molecular flexibility index (Phi) is 5.19. The van der Waals surface area contributed by atoms with Gasteiger partial charge >= 0.3 is 0 Å². The van der Waals surface area contributed by atoms with Crippen LogP contribution in [0.25, 0.3) is 6.08 Å². The minimum Gasteiger partial charge on any atom is -0.478 e. The van der Waals surface area contributed by atoms with Crippen molar-refractivity contribution in [3.63, 3.8) is 0 Å². The fourth-order valence-electron chi connectivity index (χ4n) is 4.08. The minimum absolute atomic E-state index is 0.0878. The first-order valence-corrected chi connectivity index (χ1v) is 10.8. The summed E-state index contributed by atoms with van der Waals surface area (Å²) in [6.45, 7) is 4.04. The molecule has 3 aromatic rings. The van der Waals surface area contributed by atoms with E-state index in [0.717, 1.165) is 29.1 Å². The molecule has 5 rings (SSSR count). The number of Topliss-reactive ketones (excluding diaryl/α,β-unsaturated/α-hetero) is 1. The number of fused-ring (bicyclic) bond motifs is 3. The summed E-state index contributed by atoms with van der Waals surface area (Å²) in [4.78, 5) is 17.3. The van der Waals surface area contributed by atoms with Crippen LogP contribution >= 0.6 is 0 Å². The summed E-state index contributed by atoms with van der Waals surface area (Å²) in [6, 6.07) is 20.2. The molecular formula is C27H26N2O3. The molecule has 0 saturated carbocycles. The maximum atomic E-state index is 13.0. The fourth-order valence-corrected chi connectivity index (χ4v) is 4.08. The molecule has 0 atom stereocenters. The van der Waals surface area contributed by atoms with Crippen LogP contribution in [0, 0.1) is 6.92 Å². The van der Waals surface area contributed by atoms with Crippen molar-refractivity contribution >= 4 is 17.5 Å². The molecule has 2 heterocycles. The molecule has 0 unspecified atom stereocenters. The van der Waals surface area contributed by atoms with Crippen molar-refractivity contribution in [3.8, 4) is 11.5 Å². The highest BCUT2D eigenvalue weighted by molar-refractivity contribution is 6.15. The molecule has 2 aliphatic rings. The maximum Gasteiger partial charge on any atom is 0.231 e. The Morgan fingerprint density at radius 1 is 1.00 bits per heavy atom. The molecule has 32 heavy (non-hydrogen) atoms. The van der Waals surface area contributed by atoms with Gasteiger partial charge in [0.25, 0.3) is 0 Å². The van der Waals surface area contributed by atoms with Crippen molar-refractivity contribution in [3.05, 3.63) is 94.2 Å². The predicted molar refractivity (Wildman–Crippen MR) is 126 cm³/mol. The van der Waals surface area contributed by atoms with E-state index in [1.54, 1.807) is 0 Å². The molecule has 0 amide bonds. The Bertz CT molecular complexity index is 1190. The molecule has 0 saturated heterocycles. The van der Waals surface area contributed by atoms with E-state index in [1.165, 1.54) is 11.1 Å². The molecule has 0 spiro atoms. The average molecular weight is 427 g/mol. The summed E-state index contributed by atoms with van der Waals surface area (Å²) >= 11 is 0. The van der Waals surface area contributed by atoms with Crippen LogP contribution in [0.2, 0.25) is 0 Å². The first-order chi connectivity index (χ1) is 15.5. The third kappa shape index (κ3) is 3.87. The van der Waals surface area contributed by atoms with Gasteiger partial charge in [0, 0.05) is 32.9 Å². The number of anilines is 1. The number of carbonyl (C=O) groups excluding carboxylic acids is 1. The molecule has 0 aromatic heterocycles. The molecule has 0 bridgehead atoms. The zero-order valence-corrected chi connectivity index (χ0v) is 18.6. The summed E-state index contributed by atoms with van der Waals surface area (Å²) in [5, 5.41) is 0. The van der Waals surface area contributed by atoms with E-state index < -0.39 is 0 Å². The monoisotopic (exact) mass is 426 g/mol. The smallest absolute Gasteiger partial charge is 0.231 e. The zero-order valence-electron chi connectivity index (χ0n) is 18.6. The van der Waals surface area contributed by atoms with Gasteiger partial charge < -0.3 is 14.4 Å². The summed E-state index contributed by atoms with van der Waals surface area (Å²) in [5.41, 5.74) is 6.04. The van der Waals surface area contributed by atoms with Gasteiger partial charge in [0.05, 0.1) is 11.1 Å². The van der Waals surface area contributed by atoms with Gasteiger partial charge in [-0.2, -0.15) is 0 Å². The van der Waals surface area contributed by atoms with Crippen LogP contribution < -0.4 is 14.4 Å². The summed E-state index contributed by atoms with van der Waals surface area (Å²) in [7, 11) is 4.00. The van der Waals surface area contributed by atoms with Gasteiger partial charge in [-0.25, -0.2) is 0 Å². The van der Waals surface area contributed by atoms with E-state index in [2.05, 4.69) is 36.1 Å². The first-order valence-electron chi connectivity index (χ1n) is 10.8. The van der Waals surface area contributed by atoms with Crippen LogP contribution in [0.4, 0.5) is 5.69 Å². The molecular weight excluding hydrogens is 400 g/mol. The minimum atomic E-state index is -0.0878. The summed E-state index contributed by atoms with van der Waals surface area (Å²) in [5.74, 6) is 1.67. The number of nitrogens with zero attached hydrogens (tertiary/aromatic N) is 2. The molecule has 162 valence electrons. The Labute approximate surface area is 188 Å². The van der Waals surface area contributed by atoms with Gasteiger partial charge in [-0.15, -0.1) is 0 Å². The molecule has 0 fully saturated rings. The first kappa shape index (κ1) is 20.3. The zero-order chi connectivity index (χ0) is 22.2. The number of benzene rings is 3. The molecule has 5 heteroatoms. The van der Waals surface area contributed by atoms with E-state index in [1.807, 2.05) is 61.5 Å². The molecule has 0 radical (unpaired) electrons. The number of carbonyl (C=O) groups is 1. The second-order valence-electron chi connectivity index (χ2n) is 8.59. The largest absolute Gasteiger partial charge is 0.478 e. The number of allylic oxidation sites excluding steroid dienone is 1. The predicted octanol–water partition coefficient (Wildman–Crippen LogP) is 5.03. The number of aryl methyl sites for hydroxylation is 1. The quantitative estimate of drug-likeness (QED) is 0.548. The second kappa shape index (κ2) is 8.17. The van der Waals surface area contributed by atoms with Crippen molar-refractivity contribution < 1.29 is 14.3 Å². The van der Waals surface area contributed by atoms with Gasteiger partial charge in [0.2, 0.25) is 5.78 Å². The lowest BCUT2D eigenvalue weighted by Gasteiger charge is -2.29. The third-order valence-electron chi connectivity index (χ3n) is 5.92. The van der Waals surface area contributed by atoms with Crippen LogP contribution in [-0.2, 0) is 13.1 Å². The van der Waals surface area contributed by atoms with Crippen molar-refractivity contribution in [1.29, 1.82) is 0 Å². The van der Waals surface area contributed by atoms with Gasteiger partial charge in [-0.3, -0.25) is 9.69 Å². The molecule has 0 aliphatic carbocycles. The van der Waals surface area contributed by atoms with E-state index in [9.17, 15) is 4.79 Å². The standard InChI is InChI=1S/C27H26N2O3/c1-18-4-6-20(7-5-18)15-29-16-23-24(31-17-29)13-12-22-26(30)25(32-27(22)23)14-19-8-10-21(11-9-19)28(2)3/h4-14H,15-17H2,1-3H3/b25-14-. The average Bonchev–Trinajstić information content (AvgIpc) is 3.11. The van der Waals surface area contributed by atoms with Gasteiger partial charge in [0.15, 0.2) is 5.76 Å². The second-order valence-corrected chi connectivity index (χ2v) is 8.59. The third-order valence-corrected chi connectivity index (χ3v) is 5.92. The molecule has 2 aliphatic heterocycles. The molecule has 3 aromatic carbocycles. The van der Waals surface area contributed by atoms with Crippen LogP contribution in [0.15, 0.2) is 66.4 Å². The van der Waals surface area contributed by atoms with Crippen molar-refractivity contribution in [2.75, 3.05) is 25.7 Å². The van der Waals surface area contributed by atoms with E-state index in [4.69, 9.17) is 9.47 Å². The summed E-state index contributed by atoms with van der Waals surface area (Å²) < 4.78 is 12.1. The van der Waals surface area contributed by atoms with Crippen LogP contribution in [0.1, 0.15) is 32.6 Å².